The van der Waals surface area contributed by atoms with Gasteiger partial charge in [-0.25, -0.2) is 13.2 Å². The van der Waals surface area contributed by atoms with Gasteiger partial charge in [0.15, 0.2) is 14.9 Å². The molecular formula is C25H28N4O5S2. The quantitative estimate of drug-likeness (QED) is 0.244. The first-order chi connectivity index (χ1) is 17.4. The van der Waals surface area contributed by atoms with Crippen molar-refractivity contribution >= 4 is 27.5 Å². The van der Waals surface area contributed by atoms with Crippen LogP contribution in [0.4, 0.5) is 0 Å². The van der Waals surface area contributed by atoms with E-state index < -0.39 is 21.1 Å². The first-order valence-electron chi connectivity index (χ1n) is 11.8. The molecule has 36 heavy (non-hydrogen) atoms. The molecule has 9 nitrogen and oxygen atoms in total. The molecule has 2 aromatic heterocycles. The van der Waals surface area contributed by atoms with Crippen LogP contribution in [0, 0.1) is 0 Å². The average molecular weight is 529 g/mol. The third-order valence-corrected chi connectivity index (χ3v) is 8.82. The Balaban J connectivity index is 1.41. The molecule has 0 saturated carbocycles. The van der Waals surface area contributed by atoms with E-state index in [-0.39, 0.29) is 35.3 Å². The molecule has 0 atom stereocenters. The van der Waals surface area contributed by atoms with Crippen LogP contribution >= 0.6 is 11.8 Å². The van der Waals surface area contributed by atoms with E-state index in [2.05, 4.69) is 10.3 Å². The molecule has 1 amide bonds. The van der Waals surface area contributed by atoms with Gasteiger partial charge in [-0.1, -0.05) is 30.3 Å². The Morgan fingerprint density at radius 2 is 1.81 bits per heavy atom. The lowest BCUT2D eigenvalue weighted by molar-refractivity contribution is -0.121. The molecule has 0 unspecified atom stereocenters. The van der Waals surface area contributed by atoms with Crippen molar-refractivity contribution in [1.29, 1.82) is 0 Å². The highest BCUT2D eigenvalue weighted by Crippen LogP contribution is 2.27. The molecule has 3 heterocycles. The predicted molar refractivity (Wildman–Crippen MR) is 139 cm³/mol. The summed E-state index contributed by atoms with van der Waals surface area (Å²) >= 11 is 1.66. The Bertz CT molecular complexity index is 1440. The van der Waals surface area contributed by atoms with Gasteiger partial charge in [-0.2, -0.15) is 0 Å². The summed E-state index contributed by atoms with van der Waals surface area (Å²) in [5.41, 5.74) is -0.756. The Morgan fingerprint density at radius 3 is 2.56 bits per heavy atom. The van der Waals surface area contributed by atoms with Crippen LogP contribution < -0.4 is 16.6 Å². The summed E-state index contributed by atoms with van der Waals surface area (Å²) < 4.78 is 28.0. The molecule has 0 fully saturated rings. The zero-order chi connectivity index (χ0) is 25.5. The van der Waals surface area contributed by atoms with Crippen LogP contribution in [0.2, 0.25) is 0 Å². The van der Waals surface area contributed by atoms with Crippen LogP contribution in [0.25, 0.3) is 11.1 Å². The molecule has 4 rings (SSSR count). The van der Waals surface area contributed by atoms with Crippen molar-refractivity contribution in [2.75, 3.05) is 18.1 Å². The third kappa shape index (κ3) is 5.96. The van der Waals surface area contributed by atoms with E-state index in [1.807, 2.05) is 12.1 Å². The van der Waals surface area contributed by atoms with Crippen molar-refractivity contribution in [2.24, 2.45) is 0 Å². The highest BCUT2D eigenvalue weighted by molar-refractivity contribution is 7.99. The number of aromatic nitrogens is 3. The molecule has 190 valence electrons. The Morgan fingerprint density at radius 1 is 1.06 bits per heavy atom. The summed E-state index contributed by atoms with van der Waals surface area (Å²) in [6.07, 6.45) is 5.26. The summed E-state index contributed by atoms with van der Waals surface area (Å²) in [4.78, 5) is 43.7. The first kappa shape index (κ1) is 25.9. The van der Waals surface area contributed by atoms with Gasteiger partial charge >= 0.3 is 5.69 Å². The van der Waals surface area contributed by atoms with Gasteiger partial charge < -0.3 is 5.32 Å². The monoisotopic (exact) mass is 528 g/mol. The standard InChI is InChI=1S/C25H28N4O5S2/c30-21(9-4-17-35-20-10-13-26-14-11-20)27-12-5-15-28-23(31)22(19-7-2-1-3-8-19)24-29(25(28)32)16-6-18-36(24,33)34/h1-3,7-8,10-11,13-14H,4-6,9,12,15-18H2,(H,27,30). The fourth-order valence-corrected chi connectivity index (χ4v) is 6.73. The number of hydrogen-bond acceptors (Lipinski definition) is 7. The van der Waals surface area contributed by atoms with E-state index in [4.69, 9.17) is 0 Å². The second-order valence-electron chi connectivity index (χ2n) is 8.45. The normalized spacial score (nSPS) is 14.2. The van der Waals surface area contributed by atoms with Crippen LogP contribution in [0.5, 0.6) is 0 Å². The number of fused-ring (bicyclic) bond motifs is 1. The van der Waals surface area contributed by atoms with Crippen LogP contribution in [-0.2, 0) is 27.7 Å². The molecule has 1 aliphatic rings. The first-order valence-corrected chi connectivity index (χ1v) is 14.5. The molecule has 0 spiro atoms. The minimum Gasteiger partial charge on any atom is -0.356 e. The minimum atomic E-state index is -3.76. The van der Waals surface area contributed by atoms with E-state index >= 15 is 0 Å². The van der Waals surface area contributed by atoms with E-state index in [1.165, 1.54) is 4.57 Å². The molecule has 1 aromatic carbocycles. The number of thioether (sulfide) groups is 1. The van der Waals surface area contributed by atoms with Crippen molar-refractivity contribution < 1.29 is 13.2 Å². The molecule has 0 radical (unpaired) electrons. The van der Waals surface area contributed by atoms with Crippen molar-refractivity contribution in [3.05, 3.63) is 75.7 Å². The number of benzene rings is 1. The highest BCUT2D eigenvalue weighted by Gasteiger charge is 2.32. The number of sulfone groups is 1. The molecule has 0 aliphatic carbocycles. The molecular weight excluding hydrogens is 500 g/mol. The number of nitrogens with zero attached hydrogens (tertiary/aromatic N) is 3. The largest absolute Gasteiger partial charge is 0.356 e. The number of nitrogens with one attached hydrogen (secondary N) is 1. The number of pyridine rings is 1. The lowest BCUT2D eigenvalue weighted by Gasteiger charge is -2.23. The van der Waals surface area contributed by atoms with E-state index in [0.29, 0.717) is 31.4 Å². The molecule has 0 saturated heterocycles. The smallest absolute Gasteiger partial charge is 0.332 e. The van der Waals surface area contributed by atoms with Gasteiger partial charge in [-0.3, -0.25) is 23.7 Å². The predicted octanol–water partition coefficient (Wildman–Crippen LogP) is 2.33. The number of carbonyl (C=O) groups excluding carboxylic acids is 1. The van der Waals surface area contributed by atoms with Gasteiger partial charge in [0.25, 0.3) is 5.56 Å². The Labute approximate surface area is 213 Å². The van der Waals surface area contributed by atoms with Gasteiger partial charge in [0.1, 0.15) is 0 Å². The number of amides is 1. The Hall–Kier alpha value is -3.18. The van der Waals surface area contributed by atoms with Crippen LogP contribution in [0.15, 0.2) is 74.4 Å². The second kappa shape index (κ2) is 11.7. The number of hydrogen-bond donors (Lipinski definition) is 1. The van der Waals surface area contributed by atoms with Crippen LogP contribution in [-0.4, -0.2) is 46.5 Å². The summed E-state index contributed by atoms with van der Waals surface area (Å²) in [5, 5.41) is 2.64. The van der Waals surface area contributed by atoms with Crippen molar-refractivity contribution in [3.63, 3.8) is 0 Å². The second-order valence-corrected chi connectivity index (χ2v) is 11.6. The maximum atomic E-state index is 13.4. The Kier molecular flexibility index (Phi) is 8.42. The van der Waals surface area contributed by atoms with Crippen molar-refractivity contribution in [2.45, 2.75) is 48.7 Å². The van der Waals surface area contributed by atoms with E-state index in [9.17, 15) is 22.8 Å². The zero-order valence-corrected chi connectivity index (χ0v) is 21.4. The summed E-state index contributed by atoms with van der Waals surface area (Å²) in [6.45, 7) is 0.626. The van der Waals surface area contributed by atoms with E-state index in [0.717, 1.165) is 21.6 Å². The van der Waals surface area contributed by atoms with Gasteiger partial charge in [-0.05, 0) is 42.7 Å². The van der Waals surface area contributed by atoms with Gasteiger partial charge in [0.2, 0.25) is 5.91 Å². The molecule has 1 N–H and O–H groups in total. The fourth-order valence-electron chi connectivity index (χ4n) is 4.17. The van der Waals surface area contributed by atoms with Crippen molar-refractivity contribution in [1.82, 2.24) is 19.4 Å². The summed E-state index contributed by atoms with van der Waals surface area (Å²) in [5.74, 6) is 0.628. The number of carbonyl (C=O) groups is 1. The topological polar surface area (TPSA) is 120 Å². The third-order valence-electron chi connectivity index (χ3n) is 5.88. The summed E-state index contributed by atoms with van der Waals surface area (Å²) in [7, 11) is -3.76. The molecule has 11 heteroatoms. The van der Waals surface area contributed by atoms with Gasteiger partial charge in [-0.15, -0.1) is 11.8 Å². The maximum Gasteiger partial charge on any atom is 0.332 e. The molecule has 3 aromatic rings. The zero-order valence-electron chi connectivity index (χ0n) is 19.8. The van der Waals surface area contributed by atoms with Crippen LogP contribution in [0.3, 0.4) is 0 Å². The highest BCUT2D eigenvalue weighted by atomic mass is 32.2. The fraction of sp³-hybridized carbons (Fsp3) is 0.360. The maximum absolute atomic E-state index is 13.4. The van der Waals surface area contributed by atoms with E-state index in [1.54, 1.807) is 54.5 Å². The van der Waals surface area contributed by atoms with Crippen LogP contribution in [0.1, 0.15) is 25.7 Å². The lowest BCUT2D eigenvalue weighted by atomic mass is 10.1. The lowest BCUT2D eigenvalue weighted by Crippen LogP contribution is -2.45. The van der Waals surface area contributed by atoms with Gasteiger partial charge in [0.05, 0.1) is 11.3 Å². The van der Waals surface area contributed by atoms with Crippen molar-refractivity contribution in [3.8, 4) is 11.1 Å². The summed E-state index contributed by atoms with van der Waals surface area (Å²) in [6, 6.07) is 12.4. The minimum absolute atomic E-state index is 0.0330. The molecule has 0 bridgehead atoms. The number of rotatable bonds is 10. The molecule has 1 aliphatic heterocycles. The SMILES string of the molecule is O=C(CCCSc1ccncc1)NCCCn1c(=O)c(-c2ccccc2)c2n(c1=O)CCCS2(=O)=O. The van der Waals surface area contributed by atoms with Gasteiger partial charge in [0, 0.05) is 43.3 Å². The average Bonchev–Trinajstić information content (AvgIpc) is 2.88.